The minimum atomic E-state index is -4.20. The Kier molecular flexibility index (Phi) is 4.04. The Bertz CT molecular complexity index is 599. The van der Waals surface area contributed by atoms with E-state index < -0.39 is 12.7 Å². The third-order valence-electron chi connectivity index (χ3n) is 3.04. The summed E-state index contributed by atoms with van der Waals surface area (Å²) in [4.78, 5) is 4.45. The fourth-order valence-electron chi connectivity index (χ4n) is 2.28. The van der Waals surface area contributed by atoms with Gasteiger partial charge in [0.2, 0.25) is 0 Å². The molecule has 0 aliphatic carbocycles. The number of halogens is 3. The zero-order chi connectivity index (χ0) is 14.9. The van der Waals surface area contributed by atoms with Gasteiger partial charge < -0.3 is 9.88 Å². The van der Waals surface area contributed by atoms with Crippen LogP contribution in [0.15, 0.2) is 18.2 Å². The molecule has 1 aromatic heterocycles. The SMILES string of the molecule is Cc1ccc2c(c1)nc(CNCC(F)(F)F)n2C(C)C. The lowest BCUT2D eigenvalue weighted by Gasteiger charge is -2.14. The first-order chi connectivity index (χ1) is 9.28. The molecule has 0 fully saturated rings. The van der Waals surface area contributed by atoms with Gasteiger partial charge in [-0.2, -0.15) is 13.2 Å². The summed E-state index contributed by atoms with van der Waals surface area (Å²) in [6, 6.07) is 6.03. The summed E-state index contributed by atoms with van der Waals surface area (Å²) < 4.78 is 38.5. The number of hydrogen-bond donors (Lipinski definition) is 1. The summed E-state index contributed by atoms with van der Waals surface area (Å²) in [5, 5.41) is 2.40. The molecule has 0 aliphatic heterocycles. The Morgan fingerprint density at radius 2 is 2.00 bits per heavy atom. The van der Waals surface area contributed by atoms with Crippen molar-refractivity contribution < 1.29 is 13.2 Å². The van der Waals surface area contributed by atoms with Crippen LogP contribution in [0.25, 0.3) is 11.0 Å². The molecule has 0 saturated carbocycles. The molecule has 0 radical (unpaired) electrons. The van der Waals surface area contributed by atoms with Gasteiger partial charge in [-0.05, 0) is 38.5 Å². The predicted octanol–water partition coefficient (Wildman–Crippen LogP) is 3.58. The first-order valence-corrected chi connectivity index (χ1v) is 6.53. The van der Waals surface area contributed by atoms with E-state index in [1.165, 1.54) is 0 Å². The van der Waals surface area contributed by atoms with Crippen molar-refractivity contribution >= 4 is 11.0 Å². The van der Waals surface area contributed by atoms with E-state index in [0.717, 1.165) is 16.6 Å². The molecular formula is C14H18F3N3. The maximum atomic E-state index is 12.2. The summed E-state index contributed by atoms with van der Waals surface area (Å²) in [5.74, 6) is 0.629. The van der Waals surface area contributed by atoms with Crippen molar-refractivity contribution in [1.29, 1.82) is 0 Å². The van der Waals surface area contributed by atoms with Crippen LogP contribution in [0.4, 0.5) is 13.2 Å². The maximum Gasteiger partial charge on any atom is 0.401 e. The first-order valence-electron chi connectivity index (χ1n) is 6.53. The highest BCUT2D eigenvalue weighted by Gasteiger charge is 2.26. The van der Waals surface area contributed by atoms with Gasteiger partial charge in [0.1, 0.15) is 5.82 Å². The van der Waals surface area contributed by atoms with Crippen LogP contribution in [-0.4, -0.2) is 22.3 Å². The number of benzene rings is 1. The van der Waals surface area contributed by atoms with Crippen molar-refractivity contribution in [2.24, 2.45) is 0 Å². The number of aromatic nitrogens is 2. The Morgan fingerprint density at radius 3 is 2.60 bits per heavy atom. The van der Waals surface area contributed by atoms with Gasteiger partial charge in [0.25, 0.3) is 0 Å². The molecule has 0 unspecified atom stereocenters. The Morgan fingerprint density at radius 1 is 1.30 bits per heavy atom. The molecule has 6 heteroatoms. The van der Waals surface area contributed by atoms with Crippen molar-refractivity contribution in [3.05, 3.63) is 29.6 Å². The number of alkyl halides is 3. The second-order valence-electron chi connectivity index (χ2n) is 5.20. The van der Waals surface area contributed by atoms with E-state index in [1.54, 1.807) is 0 Å². The first kappa shape index (κ1) is 14.8. The highest BCUT2D eigenvalue weighted by molar-refractivity contribution is 5.77. The molecule has 0 bridgehead atoms. The number of rotatable bonds is 4. The van der Waals surface area contributed by atoms with Gasteiger partial charge in [-0.3, -0.25) is 0 Å². The summed E-state index contributed by atoms with van der Waals surface area (Å²) in [5.41, 5.74) is 2.86. The maximum absolute atomic E-state index is 12.2. The topological polar surface area (TPSA) is 29.9 Å². The molecule has 0 atom stereocenters. The standard InChI is InChI=1S/C14H18F3N3/c1-9(2)20-12-5-4-10(3)6-11(12)19-13(20)7-18-8-14(15,16)17/h4-6,9,18H,7-8H2,1-3H3. The molecule has 0 saturated heterocycles. The molecule has 110 valence electrons. The van der Waals surface area contributed by atoms with Crippen molar-refractivity contribution in [2.45, 2.75) is 39.5 Å². The van der Waals surface area contributed by atoms with Crippen molar-refractivity contribution in [1.82, 2.24) is 14.9 Å². The molecule has 20 heavy (non-hydrogen) atoms. The van der Waals surface area contributed by atoms with E-state index in [1.807, 2.05) is 43.5 Å². The van der Waals surface area contributed by atoms with Gasteiger partial charge in [0, 0.05) is 6.04 Å². The van der Waals surface area contributed by atoms with E-state index >= 15 is 0 Å². The summed E-state index contributed by atoms with van der Waals surface area (Å²) in [6.45, 7) is 5.05. The quantitative estimate of drug-likeness (QED) is 0.930. The molecule has 1 aromatic carbocycles. The summed E-state index contributed by atoms with van der Waals surface area (Å²) >= 11 is 0. The second-order valence-corrected chi connectivity index (χ2v) is 5.20. The third kappa shape index (κ3) is 3.30. The van der Waals surface area contributed by atoms with Crippen molar-refractivity contribution in [2.75, 3.05) is 6.54 Å². The molecule has 0 spiro atoms. The van der Waals surface area contributed by atoms with E-state index in [-0.39, 0.29) is 12.6 Å². The van der Waals surface area contributed by atoms with Crippen molar-refractivity contribution in [3.8, 4) is 0 Å². The van der Waals surface area contributed by atoms with E-state index in [9.17, 15) is 13.2 Å². The number of hydrogen-bond acceptors (Lipinski definition) is 2. The van der Waals surface area contributed by atoms with Gasteiger partial charge in [0.05, 0.1) is 24.1 Å². The summed E-state index contributed by atoms with van der Waals surface area (Å²) in [7, 11) is 0. The van der Waals surface area contributed by atoms with Crippen LogP contribution in [0.1, 0.15) is 31.3 Å². The highest BCUT2D eigenvalue weighted by atomic mass is 19.4. The van der Waals surface area contributed by atoms with Gasteiger partial charge in [-0.25, -0.2) is 4.98 Å². The number of fused-ring (bicyclic) bond motifs is 1. The Hall–Kier alpha value is -1.56. The highest BCUT2D eigenvalue weighted by Crippen LogP contribution is 2.22. The lowest BCUT2D eigenvalue weighted by atomic mass is 10.2. The molecule has 0 aliphatic rings. The molecule has 2 rings (SSSR count). The molecular weight excluding hydrogens is 267 g/mol. The lowest BCUT2D eigenvalue weighted by Crippen LogP contribution is -2.29. The predicted molar refractivity (Wildman–Crippen MR) is 72.6 cm³/mol. The summed E-state index contributed by atoms with van der Waals surface area (Å²) in [6.07, 6.45) is -4.20. The molecule has 1 N–H and O–H groups in total. The fraction of sp³-hybridized carbons (Fsp3) is 0.500. The van der Waals surface area contributed by atoms with Gasteiger partial charge in [-0.15, -0.1) is 0 Å². The minimum absolute atomic E-state index is 0.103. The zero-order valence-electron chi connectivity index (χ0n) is 11.8. The zero-order valence-corrected chi connectivity index (χ0v) is 11.8. The van der Waals surface area contributed by atoms with Crippen LogP contribution in [0.5, 0.6) is 0 Å². The monoisotopic (exact) mass is 285 g/mol. The number of nitrogens with one attached hydrogen (secondary N) is 1. The number of aryl methyl sites for hydroxylation is 1. The van der Waals surface area contributed by atoms with Gasteiger partial charge in [-0.1, -0.05) is 6.07 Å². The molecule has 2 aromatic rings. The minimum Gasteiger partial charge on any atom is -0.324 e. The van der Waals surface area contributed by atoms with E-state index in [4.69, 9.17) is 0 Å². The van der Waals surface area contributed by atoms with Crippen LogP contribution < -0.4 is 5.32 Å². The number of imidazole rings is 1. The normalized spacial score (nSPS) is 12.6. The third-order valence-corrected chi connectivity index (χ3v) is 3.04. The average molecular weight is 285 g/mol. The molecule has 1 heterocycles. The van der Waals surface area contributed by atoms with Crippen LogP contribution in [-0.2, 0) is 6.54 Å². The fourth-order valence-corrected chi connectivity index (χ4v) is 2.28. The van der Waals surface area contributed by atoms with Gasteiger partial charge >= 0.3 is 6.18 Å². The van der Waals surface area contributed by atoms with Crippen LogP contribution in [0.2, 0.25) is 0 Å². The van der Waals surface area contributed by atoms with Crippen LogP contribution in [0.3, 0.4) is 0 Å². The average Bonchev–Trinajstić information content (AvgIpc) is 2.64. The van der Waals surface area contributed by atoms with Crippen LogP contribution in [0, 0.1) is 6.92 Å². The van der Waals surface area contributed by atoms with Crippen molar-refractivity contribution in [3.63, 3.8) is 0 Å². The molecule has 0 amide bonds. The lowest BCUT2D eigenvalue weighted by molar-refractivity contribution is -0.125. The largest absolute Gasteiger partial charge is 0.401 e. The van der Waals surface area contributed by atoms with Crippen LogP contribution >= 0.6 is 0 Å². The number of nitrogens with zero attached hydrogens (tertiary/aromatic N) is 2. The molecule has 3 nitrogen and oxygen atoms in total. The van der Waals surface area contributed by atoms with E-state index in [2.05, 4.69) is 10.3 Å². The smallest absolute Gasteiger partial charge is 0.324 e. The van der Waals surface area contributed by atoms with E-state index in [0.29, 0.717) is 5.82 Å². The second kappa shape index (κ2) is 5.44. The Labute approximate surface area is 115 Å². The van der Waals surface area contributed by atoms with Gasteiger partial charge in [0.15, 0.2) is 0 Å². The Balaban J connectivity index is 2.30.